The molecule has 0 aliphatic carbocycles. The first-order valence-electron chi connectivity index (χ1n) is 14.5. The van der Waals surface area contributed by atoms with Gasteiger partial charge in [0.05, 0.1) is 10.6 Å². The topological polar surface area (TPSA) is 86.8 Å². The lowest BCUT2D eigenvalue weighted by atomic mass is 10.0. The Hall–Kier alpha value is -3.85. The fourth-order valence-corrected chi connectivity index (χ4v) is 6.63. The minimum absolute atomic E-state index is 0.0195. The van der Waals surface area contributed by atoms with Gasteiger partial charge in [0, 0.05) is 28.5 Å². The van der Waals surface area contributed by atoms with Gasteiger partial charge in [-0.1, -0.05) is 77.8 Å². The monoisotopic (exact) mass is 665 g/mol. The number of hydrogen-bond donors (Lipinski definition) is 1. The molecule has 0 radical (unpaired) electrons. The molecular formula is C35H37Cl2N3O4S. The average molecular weight is 667 g/mol. The minimum Gasteiger partial charge on any atom is -0.350 e. The molecule has 0 saturated carbocycles. The number of benzene rings is 4. The van der Waals surface area contributed by atoms with Crippen LogP contribution in [0.25, 0.3) is 0 Å². The first-order valence-corrected chi connectivity index (χ1v) is 16.7. The maximum absolute atomic E-state index is 14.5. The Morgan fingerprint density at radius 3 is 2.07 bits per heavy atom. The van der Waals surface area contributed by atoms with Gasteiger partial charge in [-0.05, 0) is 92.9 Å². The minimum atomic E-state index is -4.22. The zero-order chi connectivity index (χ0) is 32.8. The van der Waals surface area contributed by atoms with Crippen molar-refractivity contribution in [1.29, 1.82) is 0 Å². The molecule has 4 aromatic rings. The lowest BCUT2D eigenvalue weighted by Crippen LogP contribution is -2.56. The number of carbonyl (C=O) groups is 2. The number of anilines is 1. The third-order valence-corrected chi connectivity index (χ3v) is 9.26. The predicted molar refractivity (Wildman–Crippen MR) is 181 cm³/mol. The molecule has 0 fully saturated rings. The molecule has 2 amide bonds. The van der Waals surface area contributed by atoms with Crippen LogP contribution in [0.5, 0.6) is 0 Å². The Morgan fingerprint density at radius 1 is 0.800 bits per heavy atom. The van der Waals surface area contributed by atoms with Gasteiger partial charge in [-0.2, -0.15) is 0 Å². The second-order valence-corrected chi connectivity index (χ2v) is 14.6. The van der Waals surface area contributed by atoms with Crippen LogP contribution in [0.4, 0.5) is 5.69 Å². The van der Waals surface area contributed by atoms with E-state index in [1.165, 1.54) is 29.2 Å². The first-order chi connectivity index (χ1) is 21.2. The van der Waals surface area contributed by atoms with Gasteiger partial charge in [0.2, 0.25) is 11.8 Å². The SMILES string of the molecule is Cc1cccc(N(CC(=O)N(Cc2cccc(Cl)c2)C(Cc2ccccc2)C(=O)NC(C)(C)C)S(=O)(=O)c2ccc(Cl)cc2)c1. The molecule has 4 aromatic carbocycles. The normalized spacial score (nSPS) is 12.3. The summed E-state index contributed by atoms with van der Waals surface area (Å²) >= 11 is 12.4. The van der Waals surface area contributed by atoms with Crippen molar-refractivity contribution in [3.8, 4) is 0 Å². The van der Waals surface area contributed by atoms with Crippen LogP contribution < -0.4 is 9.62 Å². The van der Waals surface area contributed by atoms with Crippen molar-refractivity contribution >= 4 is 50.7 Å². The molecule has 0 aliphatic heterocycles. The maximum atomic E-state index is 14.5. The maximum Gasteiger partial charge on any atom is 0.264 e. The number of nitrogens with one attached hydrogen (secondary N) is 1. The van der Waals surface area contributed by atoms with Crippen molar-refractivity contribution < 1.29 is 18.0 Å². The van der Waals surface area contributed by atoms with Crippen LogP contribution in [0.3, 0.4) is 0 Å². The molecule has 45 heavy (non-hydrogen) atoms. The van der Waals surface area contributed by atoms with E-state index < -0.39 is 34.1 Å². The quantitative estimate of drug-likeness (QED) is 0.186. The zero-order valence-corrected chi connectivity index (χ0v) is 28.0. The Bertz CT molecular complexity index is 1740. The lowest BCUT2D eigenvalue weighted by molar-refractivity contribution is -0.140. The van der Waals surface area contributed by atoms with Gasteiger partial charge in [-0.3, -0.25) is 13.9 Å². The van der Waals surface area contributed by atoms with E-state index in [1.807, 2.05) is 70.2 Å². The van der Waals surface area contributed by atoms with Gasteiger partial charge in [0.25, 0.3) is 10.0 Å². The summed E-state index contributed by atoms with van der Waals surface area (Å²) in [7, 11) is -4.22. The van der Waals surface area contributed by atoms with E-state index in [-0.39, 0.29) is 23.8 Å². The smallest absolute Gasteiger partial charge is 0.264 e. The lowest BCUT2D eigenvalue weighted by Gasteiger charge is -2.35. The van der Waals surface area contributed by atoms with Crippen molar-refractivity contribution in [2.24, 2.45) is 0 Å². The van der Waals surface area contributed by atoms with Crippen LogP contribution in [-0.4, -0.2) is 43.3 Å². The van der Waals surface area contributed by atoms with Crippen molar-refractivity contribution in [3.05, 3.63) is 130 Å². The number of hydrogen-bond acceptors (Lipinski definition) is 4. The molecule has 0 saturated heterocycles. The Balaban J connectivity index is 1.82. The fraction of sp³-hybridized carbons (Fsp3) is 0.257. The van der Waals surface area contributed by atoms with E-state index in [0.29, 0.717) is 21.3 Å². The third kappa shape index (κ3) is 9.33. The largest absolute Gasteiger partial charge is 0.350 e. The summed E-state index contributed by atoms with van der Waals surface area (Å²) in [6.45, 7) is 6.92. The van der Waals surface area contributed by atoms with Crippen molar-refractivity contribution in [2.45, 2.75) is 57.1 Å². The average Bonchev–Trinajstić information content (AvgIpc) is 2.97. The second-order valence-electron chi connectivity index (χ2n) is 11.9. The van der Waals surface area contributed by atoms with Crippen LogP contribution >= 0.6 is 23.2 Å². The molecule has 0 spiro atoms. The molecule has 7 nitrogen and oxygen atoms in total. The van der Waals surface area contributed by atoms with E-state index in [0.717, 1.165) is 15.4 Å². The zero-order valence-electron chi connectivity index (χ0n) is 25.7. The number of carbonyl (C=O) groups excluding carboxylic acids is 2. The Labute approximate surface area is 275 Å². The molecule has 0 aliphatic rings. The summed E-state index contributed by atoms with van der Waals surface area (Å²) in [5.74, 6) is -0.914. The van der Waals surface area contributed by atoms with Crippen LogP contribution in [0.1, 0.15) is 37.5 Å². The number of nitrogens with zero attached hydrogens (tertiary/aromatic N) is 2. The summed E-state index contributed by atoms with van der Waals surface area (Å²) < 4.78 is 29.3. The summed E-state index contributed by atoms with van der Waals surface area (Å²) in [6.07, 6.45) is 0.212. The Kier molecular flexibility index (Phi) is 11.0. The molecule has 1 N–H and O–H groups in total. The number of rotatable bonds is 11. The van der Waals surface area contributed by atoms with Crippen molar-refractivity contribution in [1.82, 2.24) is 10.2 Å². The van der Waals surface area contributed by atoms with E-state index >= 15 is 0 Å². The van der Waals surface area contributed by atoms with Gasteiger partial charge < -0.3 is 10.2 Å². The molecule has 0 aromatic heterocycles. The van der Waals surface area contributed by atoms with Gasteiger partial charge in [0.1, 0.15) is 12.6 Å². The molecule has 0 bridgehead atoms. The summed E-state index contributed by atoms with van der Waals surface area (Å²) in [6, 6.07) is 28.2. The van der Waals surface area contributed by atoms with Gasteiger partial charge >= 0.3 is 0 Å². The fourth-order valence-electron chi connectivity index (χ4n) is 4.88. The highest BCUT2D eigenvalue weighted by atomic mass is 35.5. The number of amides is 2. The first kappa shape index (κ1) is 34.0. The number of halogens is 2. The van der Waals surface area contributed by atoms with Crippen LogP contribution in [0.15, 0.2) is 108 Å². The van der Waals surface area contributed by atoms with E-state index in [4.69, 9.17) is 23.2 Å². The second kappa shape index (κ2) is 14.5. The highest BCUT2D eigenvalue weighted by Gasteiger charge is 2.35. The summed E-state index contributed by atoms with van der Waals surface area (Å²) in [5.41, 5.74) is 2.10. The van der Waals surface area contributed by atoms with Crippen LogP contribution in [0.2, 0.25) is 10.0 Å². The van der Waals surface area contributed by atoms with Crippen molar-refractivity contribution in [2.75, 3.05) is 10.8 Å². The van der Waals surface area contributed by atoms with E-state index in [1.54, 1.807) is 36.4 Å². The van der Waals surface area contributed by atoms with Gasteiger partial charge in [0.15, 0.2) is 0 Å². The molecule has 4 rings (SSSR count). The van der Waals surface area contributed by atoms with E-state index in [9.17, 15) is 18.0 Å². The van der Waals surface area contributed by atoms with Gasteiger partial charge in [-0.25, -0.2) is 8.42 Å². The van der Waals surface area contributed by atoms with E-state index in [2.05, 4.69) is 5.32 Å². The highest BCUT2D eigenvalue weighted by molar-refractivity contribution is 7.92. The molecule has 236 valence electrons. The standard InChI is InChI=1S/C35H37Cl2N3O4S/c1-25-10-8-15-30(20-25)40(45(43,44)31-18-16-28(36)17-19-31)24-33(41)39(23-27-13-9-14-29(37)21-27)32(34(42)38-35(2,3)4)22-26-11-6-5-7-12-26/h5-21,32H,22-24H2,1-4H3,(H,38,42). The third-order valence-electron chi connectivity index (χ3n) is 6.98. The van der Waals surface area contributed by atoms with Crippen LogP contribution in [0, 0.1) is 6.92 Å². The summed E-state index contributed by atoms with van der Waals surface area (Å²) in [4.78, 5) is 29.9. The molecule has 1 atom stereocenters. The Morgan fingerprint density at radius 2 is 1.44 bits per heavy atom. The molecule has 1 unspecified atom stereocenters. The summed E-state index contributed by atoms with van der Waals surface area (Å²) in [5, 5.41) is 3.88. The van der Waals surface area contributed by atoms with Crippen LogP contribution in [-0.2, 0) is 32.6 Å². The highest BCUT2D eigenvalue weighted by Crippen LogP contribution is 2.27. The number of sulfonamides is 1. The van der Waals surface area contributed by atoms with Crippen molar-refractivity contribution in [3.63, 3.8) is 0 Å². The predicted octanol–water partition coefficient (Wildman–Crippen LogP) is 7.05. The van der Waals surface area contributed by atoms with Gasteiger partial charge in [-0.15, -0.1) is 0 Å². The molecule has 10 heteroatoms. The molecule has 0 heterocycles. The molecular weight excluding hydrogens is 629 g/mol. The number of aryl methyl sites for hydroxylation is 1.